The molecule has 6 heteroatoms. The zero-order valence-electron chi connectivity index (χ0n) is 14.9. The predicted molar refractivity (Wildman–Crippen MR) is 105 cm³/mol. The lowest BCUT2D eigenvalue weighted by molar-refractivity contribution is 0.842. The SMILES string of the molecule is CC(C)N=CC(=NN)c1cc(-c2ccc3c(c2)CCN3C)cnc1N. The van der Waals surface area contributed by atoms with Crippen molar-refractivity contribution in [2.75, 3.05) is 24.2 Å². The van der Waals surface area contributed by atoms with E-state index >= 15 is 0 Å². The zero-order chi connectivity index (χ0) is 18.0. The molecule has 0 atom stereocenters. The summed E-state index contributed by atoms with van der Waals surface area (Å²) in [5.74, 6) is 5.94. The Morgan fingerprint density at radius 1 is 1.28 bits per heavy atom. The number of pyridine rings is 1. The third-order valence-electron chi connectivity index (χ3n) is 4.37. The van der Waals surface area contributed by atoms with Crippen molar-refractivity contribution in [3.63, 3.8) is 0 Å². The number of nitrogens with two attached hydrogens (primary N) is 2. The molecule has 6 nitrogen and oxygen atoms in total. The fourth-order valence-corrected chi connectivity index (χ4v) is 2.98. The van der Waals surface area contributed by atoms with Crippen molar-refractivity contribution in [2.45, 2.75) is 26.3 Å². The lowest BCUT2D eigenvalue weighted by Gasteiger charge is -2.13. The molecule has 3 rings (SSSR count). The Labute approximate surface area is 148 Å². The van der Waals surface area contributed by atoms with E-state index in [1.807, 2.05) is 19.9 Å². The highest BCUT2D eigenvalue weighted by Gasteiger charge is 2.17. The van der Waals surface area contributed by atoms with Crippen LogP contribution in [0.3, 0.4) is 0 Å². The number of hydrogen-bond acceptors (Lipinski definition) is 6. The number of nitrogens with zero attached hydrogens (tertiary/aromatic N) is 4. The molecule has 0 fully saturated rings. The van der Waals surface area contributed by atoms with Crippen molar-refractivity contribution in [1.82, 2.24) is 4.98 Å². The molecule has 1 aromatic carbocycles. The molecule has 4 N–H and O–H groups in total. The van der Waals surface area contributed by atoms with Crippen molar-refractivity contribution < 1.29 is 0 Å². The van der Waals surface area contributed by atoms with Gasteiger partial charge in [-0.05, 0) is 49.6 Å². The van der Waals surface area contributed by atoms with E-state index in [2.05, 4.69) is 45.2 Å². The Morgan fingerprint density at radius 3 is 2.80 bits per heavy atom. The van der Waals surface area contributed by atoms with Crippen molar-refractivity contribution in [2.24, 2.45) is 15.9 Å². The number of fused-ring (bicyclic) bond motifs is 1. The molecule has 0 saturated heterocycles. The minimum absolute atomic E-state index is 0.155. The number of nitrogen functional groups attached to an aromatic ring is 1. The Kier molecular flexibility index (Phi) is 4.70. The second-order valence-corrected chi connectivity index (χ2v) is 6.56. The van der Waals surface area contributed by atoms with Gasteiger partial charge in [0.05, 0.1) is 0 Å². The van der Waals surface area contributed by atoms with E-state index < -0.39 is 0 Å². The summed E-state index contributed by atoms with van der Waals surface area (Å²) < 4.78 is 0. The van der Waals surface area contributed by atoms with Crippen LogP contribution in [-0.4, -0.2) is 36.5 Å². The largest absolute Gasteiger partial charge is 0.383 e. The van der Waals surface area contributed by atoms with Crippen LogP contribution in [0.15, 0.2) is 40.6 Å². The second kappa shape index (κ2) is 6.93. The van der Waals surface area contributed by atoms with E-state index in [1.54, 1.807) is 12.4 Å². The third kappa shape index (κ3) is 3.47. The molecule has 0 radical (unpaired) electrons. The Balaban J connectivity index is 2.00. The lowest BCUT2D eigenvalue weighted by atomic mass is 10.0. The molecule has 1 aliphatic rings. The highest BCUT2D eigenvalue weighted by Crippen LogP contribution is 2.31. The number of aromatic nitrogens is 1. The van der Waals surface area contributed by atoms with Gasteiger partial charge in [0, 0.05) is 48.9 Å². The van der Waals surface area contributed by atoms with Gasteiger partial charge in [-0.3, -0.25) is 4.99 Å². The molecule has 2 heterocycles. The Morgan fingerprint density at radius 2 is 2.08 bits per heavy atom. The van der Waals surface area contributed by atoms with Crippen molar-refractivity contribution in [3.05, 3.63) is 41.6 Å². The molecule has 0 unspecified atom stereocenters. The summed E-state index contributed by atoms with van der Waals surface area (Å²) in [6.07, 6.45) is 4.50. The highest BCUT2D eigenvalue weighted by atomic mass is 15.1. The maximum absolute atomic E-state index is 6.04. The lowest BCUT2D eigenvalue weighted by Crippen LogP contribution is -2.12. The fourth-order valence-electron chi connectivity index (χ4n) is 2.98. The van der Waals surface area contributed by atoms with E-state index in [-0.39, 0.29) is 6.04 Å². The van der Waals surface area contributed by atoms with Gasteiger partial charge in [0.2, 0.25) is 0 Å². The number of benzene rings is 1. The van der Waals surface area contributed by atoms with E-state index in [0.717, 1.165) is 24.1 Å². The van der Waals surface area contributed by atoms with Crippen LogP contribution in [0.1, 0.15) is 25.0 Å². The molecule has 0 saturated carbocycles. The number of anilines is 2. The quantitative estimate of drug-likeness (QED) is 0.509. The maximum Gasteiger partial charge on any atom is 0.132 e. The van der Waals surface area contributed by atoms with Gasteiger partial charge in [0.1, 0.15) is 11.5 Å². The monoisotopic (exact) mass is 336 g/mol. The molecule has 1 aliphatic heterocycles. The third-order valence-corrected chi connectivity index (χ3v) is 4.37. The first-order chi connectivity index (χ1) is 12.0. The predicted octanol–water partition coefficient (Wildman–Crippen LogP) is 2.47. The average molecular weight is 336 g/mol. The molecule has 0 bridgehead atoms. The maximum atomic E-state index is 6.04. The first-order valence-electron chi connectivity index (χ1n) is 8.41. The van der Waals surface area contributed by atoms with Crippen molar-refractivity contribution in [1.29, 1.82) is 0 Å². The van der Waals surface area contributed by atoms with Gasteiger partial charge in [0.15, 0.2) is 0 Å². The smallest absolute Gasteiger partial charge is 0.132 e. The topological polar surface area (TPSA) is 92.9 Å². The standard InChI is InChI=1S/C19H24N6/c1-12(2)22-11-17(24-21)16-9-15(10-23-19(16)20)13-4-5-18-14(8-13)6-7-25(18)3/h4-5,8-12H,6-7,21H2,1-3H3,(H2,20,23). The van der Waals surface area contributed by atoms with Crippen LogP contribution >= 0.6 is 0 Å². The van der Waals surface area contributed by atoms with E-state index in [1.165, 1.54) is 11.3 Å². The Bertz CT molecular complexity index is 838. The fraction of sp³-hybridized carbons (Fsp3) is 0.316. The van der Waals surface area contributed by atoms with Gasteiger partial charge in [-0.1, -0.05) is 6.07 Å². The minimum atomic E-state index is 0.155. The summed E-state index contributed by atoms with van der Waals surface area (Å²) >= 11 is 0. The van der Waals surface area contributed by atoms with Crippen molar-refractivity contribution in [3.8, 4) is 11.1 Å². The van der Waals surface area contributed by atoms with Gasteiger partial charge in [-0.2, -0.15) is 5.10 Å². The molecule has 130 valence electrons. The van der Waals surface area contributed by atoms with Crippen LogP contribution in [-0.2, 0) is 6.42 Å². The van der Waals surface area contributed by atoms with Crippen LogP contribution in [0.5, 0.6) is 0 Å². The summed E-state index contributed by atoms with van der Waals surface area (Å²) in [6, 6.07) is 8.62. The van der Waals surface area contributed by atoms with E-state index in [0.29, 0.717) is 17.1 Å². The minimum Gasteiger partial charge on any atom is -0.383 e. The number of aliphatic imine (C=N–C) groups is 1. The summed E-state index contributed by atoms with van der Waals surface area (Å²) in [6.45, 7) is 5.04. The number of likely N-dealkylation sites (N-methyl/N-ethyl adjacent to an activating group) is 1. The van der Waals surface area contributed by atoms with Crippen LogP contribution in [0, 0.1) is 0 Å². The zero-order valence-corrected chi connectivity index (χ0v) is 14.9. The number of rotatable bonds is 4. The summed E-state index contributed by atoms with van der Waals surface area (Å²) in [4.78, 5) is 10.9. The molecule has 0 amide bonds. The van der Waals surface area contributed by atoms with Gasteiger partial charge < -0.3 is 16.5 Å². The van der Waals surface area contributed by atoms with Gasteiger partial charge in [-0.25, -0.2) is 4.98 Å². The van der Waals surface area contributed by atoms with Crippen LogP contribution in [0.25, 0.3) is 11.1 Å². The summed E-state index contributed by atoms with van der Waals surface area (Å²) in [7, 11) is 2.12. The molecule has 0 aliphatic carbocycles. The van der Waals surface area contributed by atoms with E-state index in [4.69, 9.17) is 11.6 Å². The number of hydrazone groups is 1. The molecule has 25 heavy (non-hydrogen) atoms. The first-order valence-corrected chi connectivity index (χ1v) is 8.41. The van der Waals surface area contributed by atoms with Crippen LogP contribution < -0.4 is 16.5 Å². The number of hydrogen-bond donors (Lipinski definition) is 2. The molecule has 0 spiro atoms. The second-order valence-electron chi connectivity index (χ2n) is 6.56. The van der Waals surface area contributed by atoms with Crippen molar-refractivity contribution >= 4 is 23.4 Å². The van der Waals surface area contributed by atoms with Crippen LogP contribution in [0.4, 0.5) is 11.5 Å². The van der Waals surface area contributed by atoms with E-state index in [9.17, 15) is 0 Å². The van der Waals surface area contributed by atoms with Gasteiger partial charge in [-0.15, -0.1) is 0 Å². The molecular formula is C19H24N6. The molecule has 1 aromatic heterocycles. The average Bonchev–Trinajstić information content (AvgIpc) is 2.97. The van der Waals surface area contributed by atoms with Gasteiger partial charge >= 0.3 is 0 Å². The Hall–Kier alpha value is -2.89. The highest BCUT2D eigenvalue weighted by molar-refractivity contribution is 6.39. The van der Waals surface area contributed by atoms with Crippen LogP contribution in [0.2, 0.25) is 0 Å². The first kappa shape index (κ1) is 17.0. The molecule has 2 aromatic rings. The summed E-state index contributed by atoms with van der Waals surface area (Å²) in [5, 5.41) is 3.83. The molecular weight excluding hydrogens is 312 g/mol. The summed E-state index contributed by atoms with van der Waals surface area (Å²) in [5.41, 5.74) is 12.0. The normalized spacial score (nSPS) is 14.6. The van der Waals surface area contributed by atoms with Gasteiger partial charge in [0.25, 0.3) is 0 Å².